The first-order valence-corrected chi connectivity index (χ1v) is 10.4. The zero-order chi connectivity index (χ0) is 23.2. The number of amides is 4. The quantitative estimate of drug-likeness (QED) is 0.326. The Kier molecular flexibility index (Phi) is 6.36. The van der Waals surface area contributed by atoms with E-state index in [0.29, 0.717) is 17.1 Å². The van der Waals surface area contributed by atoms with Crippen LogP contribution in [0.5, 0.6) is 0 Å². The summed E-state index contributed by atoms with van der Waals surface area (Å²) in [5.41, 5.74) is 7.61. The molecule has 4 rings (SSSR count). The molecule has 0 aliphatic rings. The van der Waals surface area contributed by atoms with Crippen molar-refractivity contribution < 1.29 is 9.59 Å². The summed E-state index contributed by atoms with van der Waals surface area (Å²) in [5.74, 6) is 0.164. The van der Waals surface area contributed by atoms with Crippen molar-refractivity contribution in [3.8, 4) is 11.3 Å². The first-order valence-electron chi connectivity index (χ1n) is 10.4. The fourth-order valence-corrected chi connectivity index (χ4v) is 3.11. The van der Waals surface area contributed by atoms with Gasteiger partial charge in [0.15, 0.2) is 0 Å². The first-order chi connectivity index (χ1) is 16.0. The van der Waals surface area contributed by atoms with E-state index in [0.717, 1.165) is 16.7 Å². The van der Waals surface area contributed by atoms with Gasteiger partial charge in [0.25, 0.3) is 0 Å². The number of nitrogens with one attached hydrogen (secondary N) is 4. The summed E-state index contributed by atoms with van der Waals surface area (Å²) in [5, 5.41) is 8.23. The van der Waals surface area contributed by atoms with E-state index in [2.05, 4.69) is 26.4 Å². The lowest BCUT2D eigenvalue weighted by molar-refractivity contribution is 0.259. The van der Waals surface area contributed by atoms with Crippen molar-refractivity contribution in [1.29, 1.82) is 0 Å². The number of benzene rings is 3. The van der Waals surface area contributed by atoms with Gasteiger partial charge in [-0.1, -0.05) is 65.7 Å². The molecule has 4 aromatic rings. The summed E-state index contributed by atoms with van der Waals surface area (Å²) in [7, 11) is 0. The molecule has 0 bridgehead atoms. The molecule has 33 heavy (non-hydrogen) atoms. The molecule has 0 fully saturated rings. The maximum atomic E-state index is 12.6. The molecule has 0 saturated carbocycles. The molecule has 0 radical (unpaired) electrons. The van der Waals surface area contributed by atoms with Crippen LogP contribution in [0.1, 0.15) is 11.1 Å². The highest BCUT2D eigenvalue weighted by atomic mass is 16.2. The Balaban J connectivity index is 1.53. The number of hydrogen-bond donors (Lipinski definition) is 4. The third kappa shape index (κ3) is 5.76. The minimum Gasteiger partial charge on any atom is -0.308 e. The number of hydrogen-bond acceptors (Lipinski definition) is 3. The molecule has 166 valence electrons. The summed E-state index contributed by atoms with van der Waals surface area (Å²) < 4.78 is 1.38. The van der Waals surface area contributed by atoms with Gasteiger partial charge in [-0.15, -0.1) is 0 Å². The fourth-order valence-electron chi connectivity index (χ4n) is 3.11. The van der Waals surface area contributed by atoms with Gasteiger partial charge < -0.3 is 10.6 Å². The van der Waals surface area contributed by atoms with E-state index < -0.39 is 12.1 Å². The van der Waals surface area contributed by atoms with Crippen molar-refractivity contribution in [3.05, 3.63) is 96.2 Å². The Hall–Kier alpha value is -4.59. The molecule has 0 atom stereocenters. The number of imidazole rings is 1. The zero-order valence-corrected chi connectivity index (χ0v) is 18.3. The van der Waals surface area contributed by atoms with Gasteiger partial charge in [-0.05, 0) is 38.1 Å². The molecule has 0 saturated heterocycles. The Morgan fingerprint density at radius 1 is 0.697 bits per heavy atom. The lowest BCUT2D eigenvalue weighted by Gasteiger charge is -2.12. The number of aryl methyl sites for hydroxylation is 2. The van der Waals surface area contributed by atoms with E-state index in [-0.39, 0.29) is 5.95 Å². The van der Waals surface area contributed by atoms with Crippen molar-refractivity contribution >= 4 is 29.4 Å². The predicted molar refractivity (Wildman–Crippen MR) is 131 cm³/mol. The minimum absolute atomic E-state index is 0.164. The van der Waals surface area contributed by atoms with Crippen LogP contribution in [0, 0.1) is 13.8 Å². The molecule has 0 aliphatic heterocycles. The van der Waals surface area contributed by atoms with Gasteiger partial charge in [0.2, 0.25) is 5.95 Å². The third-order valence-electron chi connectivity index (χ3n) is 4.84. The zero-order valence-electron chi connectivity index (χ0n) is 18.3. The molecule has 8 nitrogen and oxygen atoms in total. The second-order valence-corrected chi connectivity index (χ2v) is 7.56. The highest BCUT2D eigenvalue weighted by molar-refractivity contribution is 6.00. The second-order valence-electron chi connectivity index (χ2n) is 7.56. The van der Waals surface area contributed by atoms with Crippen LogP contribution in [0.25, 0.3) is 11.3 Å². The topological polar surface area (TPSA) is 100 Å². The molecule has 0 aliphatic carbocycles. The molecule has 4 N–H and O–H groups in total. The summed E-state index contributed by atoms with van der Waals surface area (Å²) in [6.45, 7) is 3.94. The predicted octanol–water partition coefficient (Wildman–Crippen LogP) is 5.59. The van der Waals surface area contributed by atoms with Crippen molar-refractivity contribution in [3.63, 3.8) is 0 Å². The highest BCUT2D eigenvalue weighted by Crippen LogP contribution is 2.20. The average Bonchev–Trinajstić information content (AvgIpc) is 3.19. The molecular weight excluding hydrogens is 416 g/mol. The Bertz CT molecular complexity index is 1170. The summed E-state index contributed by atoms with van der Waals surface area (Å²) in [6.07, 6.45) is 1.64. The van der Waals surface area contributed by atoms with Crippen LogP contribution in [-0.4, -0.2) is 21.7 Å². The minimum atomic E-state index is -0.481. The van der Waals surface area contributed by atoms with Crippen LogP contribution in [0.3, 0.4) is 0 Å². The Labute approximate surface area is 191 Å². The number of carbonyl (C=O) groups is 2. The normalized spacial score (nSPS) is 10.4. The lowest BCUT2D eigenvalue weighted by Crippen LogP contribution is -2.30. The van der Waals surface area contributed by atoms with Gasteiger partial charge in [-0.2, -0.15) is 0 Å². The number of aromatic nitrogens is 2. The van der Waals surface area contributed by atoms with Crippen LogP contribution in [0.15, 0.2) is 85.1 Å². The van der Waals surface area contributed by atoms with Crippen LogP contribution >= 0.6 is 0 Å². The van der Waals surface area contributed by atoms with E-state index >= 15 is 0 Å². The van der Waals surface area contributed by atoms with Crippen molar-refractivity contribution in [2.24, 2.45) is 0 Å². The molecule has 1 heterocycles. The van der Waals surface area contributed by atoms with Gasteiger partial charge >= 0.3 is 12.1 Å². The summed E-state index contributed by atoms with van der Waals surface area (Å²) >= 11 is 0. The molecule has 0 spiro atoms. The van der Waals surface area contributed by atoms with Crippen LogP contribution in [-0.2, 0) is 0 Å². The van der Waals surface area contributed by atoms with Crippen LogP contribution < -0.4 is 21.4 Å². The van der Waals surface area contributed by atoms with E-state index in [4.69, 9.17) is 0 Å². The molecular formula is C25H24N6O2. The number of anilines is 3. The van der Waals surface area contributed by atoms with Gasteiger partial charge in [0.1, 0.15) is 0 Å². The fraction of sp³-hybridized carbons (Fsp3) is 0.0800. The molecule has 3 aromatic carbocycles. The standard InChI is InChI=1S/C25H24N6O2/c1-17-8-12-20(13-9-17)26-24(32)29-23-28-22(19-6-4-3-5-7-19)16-31(23)30-25(33)27-21-14-10-18(2)11-15-21/h3-16H,1-2H3,(H2,27,30,33)(H2,26,28,29,32). The van der Waals surface area contributed by atoms with Gasteiger partial charge in [0, 0.05) is 16.9 Å². The molecule has 4 amide bonds. The van der Waals surface area contributed by atoms with Gasteiger partial charge in [-0.3, -0.25) is 5.32 Å². The SMILES string of the molecule is Cc1ccc(NC(=O)Nc2nc(-c3ccccc3)cn2NC(=O)Nc2ccc(C)cc2)cc1. The van der Waals surface area contributed by atoms with Crippen molar-refractivity contribution in [2.75, 3.05) is 21.4 Å². The highest BCUT2D eigenvalue weighted by Gasteiger charge is 2.15. The maximum Gasteiger partial charge on any atom is 0.338 e. The average molecular weight is 441 g/mol. The van der Waals surface area contributed by atoms with Crippen LogP contribution in [0.4, 0.5) is 26.9 Å². The maximum absolute atomic E-state index is 12.6. The summed E-state index contributed by atoms with van der Waals surface area (Å²) in [4.78, 5) is 29.6. The lowest BCUT2D eigenvalue weighted by atomic mass is 10.2. The van der Waals surface area contributed by atoms with E-state index in [1.165, 1.54) is 4.68 Å². The first kappa shape index (κ1) is 21.6. The van der Waals surface area contributed by atoms with Crippen LogP contribution in [0.2, 0.25) is 0 Å². The number of nitrogens with zero attached hydrogens (tertiary/aromatic N) is 2. The Morgan fingerprint density at radius 2 is 1.24 bits per heavy atom. The molecule has 0 unspecified atom stereocenters. The van der Waals surface area contributed by atoms with Gasteiger partial charge in [-0.25, -0.2) is 24.7 Å². The summed E-state index contributed by atoms with van der Waals surface area (Å²) in [6, 6.07) is 23.4. The number of rotatable bonds is 5. The molecule has 1 aromatic heterocycles. The van der Waals surface area contributed by atoms with E-state index in [9.17, 15) is 9.59 Å². The van der Waals surface area contributed by atoms with Gasteiger partial charge in [0.05, 0.1) is 11.9 Å². The number of carbonyl (C=O) groups excluding carboxylic acids is 2. The smallest absolute Gasteiger partial charge is 0.308 e. The number of urea groups is 2. The largest absolute Gasteiger partial charge is 0.338 e. The van der Waals surface area contributed by atoms with Crippen molar-refractivity contribution in [2.45, 2.75) is 13.8 Å². The Morgan fingerprint density at radius 3 is 1.82 bits per heavy atom. The third-order valence-corrected chi connectivity index (χ3v) is 4.84. The van der Waals surface area contributed by atoms with E-state index in [1.54, 1.807) is 6.20 Å². The van der Waals surface area contributed by atoms with E-state index in [1.807, 2.05) is 92.7 Å². The monoisotopic (exact) mass is 440 g/mol. The van der Waals surface area contributed by atoms with Crippen molar-refractivity contribution in [1.82, 2.24) is 9.66 Å². The second kappa shape index (κ2) is 9.69. The molecule has 8 heteroatoms.